The van der Waals surface area contributed by atoms with Gasteiger partial charge in [0.05, 0.1) is 6.04 Å². The molecule has 1 aromatic rings. The van der Waals surface area contributed by atoms with Gasteiger partial charge in [-0.25, -0.2) is 0 Å². The molecule has 2 heterocycles. The molecular formula is C13H18N4O2. The van der Waals surface area contributed by atoms with Gasteiger partial charge in [-0.2, -0.15) is 0 Å². The van der Waals surface area contributed by atoms with Crippen LogP contribution in [-0.4, -0.2) is 28.7 Å². The zero-order valence-corrected chi connectivity index (χ0v) is 10.8. The third kappa shape index (κ3) is 2.04. The summed E-state index contributed by atoms with van der Waals surface area (Å²) in [5, 5.41) is 13.9. The van der Waals surface area contributed by atoms with Crippen molar-refractivity contribution in [3.05, 3.63) is 5.89 Å². The van der Waals surface area contributed by atoms with Gasteiger partial charge in [-0.05, 0) is 44.1 Å². The molecule has 6 nitrogen and oxygen atoms in total. The number of fused-ring (bicyclic) bond motifs is 1. The van der Waals surface area contributed by atoms with Crippen LogP contribution in [0.5, 0.6) is 0 Å². The van der Waals surface area contributed by atoms with E-state index in [1.165, 1.54) is 12.8 Å². The number of carbonyl (C=O) groups excluding carboxylic acids is 1. The largest absolute Gasteiger partial charge is 0.408 e. The van der Waals surface area contributed by atoms with Gasteiger partial charge in [-0.3, -0.25) is 10.1 Å². The standard InChI is InChI=1S/C13H18N4O2/c18-11(10-9-3-1-2-8(9)6-14-10)15-13-17-16-12(19-13)7-4-5-7/h7-10,14H,1-6H2,(H,15,17,18). The highest BCUT2D eigenvalue weighted by molar-refractivity contribution is 5.93. The van der Waals surface area contributed by atoms with Crippen molar-refractivity contribution in [2.75, 3.05) is 11.9 Å². The summed E-state index contributed by atoms with van der Waals surface area (Å²) in [6.07, 6.45) is 5.86. The smallest absolute Gasteiger partial charge is 0.322 e. The van der Waals surface area contributed by atoms with E-state index in [1.54, 1.807) is 0 Å². The van der Waals surface area contributed by atoms with Crippen LogP contribution >= 0.6 is 0 Å². The van der Waals surface area contributed by atoms with Crippen LogP contribution in [0.1, 0.15) is 43.9 Å². The molecule has 0 bridgehead atoms. The summed E-state index contributed by atoms with van der Waals surface area (Å²) in [5.74, 6) is 2.20. The lowest BCUT2D eigenvalue weighted by atomic mass is 9.94. The number of hydrogen-bond donors (Lipinski definition) is 2. The Kier molecular flexibility index (Phi) is 2.58. The fourth-order valence-electron chi connectivity index (χ4n) is 3.44. The lowest BCUT2D eigenvalue weighted by Gasteiger charge is -2.16. The summed E-state index contributed by atoms with van der Waals surface area (Å²) in [6, 6.07) is 0.152. The predicted molar refractivity (Wildman–Crippen MR) is 67.5 cm³/mol. The van der Waals surface area contributed by atoms with Crippen molar-refractivity contribution in [3.8, 4) is 0 Å². The van der Waals surface area contributed by atoms with Crippen molar-refractivity contribution in [2.24, 2.45) is 11.8 Å². The average Bonchev–Trinajstić information content (AvgIpc) is 2.83. The maximum Gasteiger partial charge on any atom is 0.322 e. The minimum Gasteiger partial charge on any atom is -0.408 e. The van der Waals surface area contributed by atoms with Crippen molar-refractivity contribution < 1.29 is 9.21 Å². The quantitative estimate of drug-likeness (QED) is 0.857. The highest BCUT2D eigenvalue weighted by Crippen LogP contribution is 2.40. The number of hydrogen-bond acceptors (Lipinski definition) is 5. The summed E-state index contributed by atoms with van der Waals surface area (Å²) in [7, 11) is 0. The maximum absolute atomic E-state index is 12.3. The zero-order chi connectivity index (χ0) is 12.8. The van der Waals surface area contributed by atoms with Gasteiger partial charge in [-0.1, -0.05) is 11.5 Å². The Morgan fingerprint density at radius 3 is 3.00 bits per heavy atom. The maximum atomic E-state index is 12.3. The minimum atomic E-state index is -0.0937. The monoisotopic (exact) mass is 262 g/mol. The van der Waals surface area contributed by atoms with Crippen LogP contribution in [0.15, 0.2) is 4.42 Å². The second-order valence-electron chi connectivity index (χ2n) is 5.95. The Morgan fingerprint density at radius 1 is 1.26 bits per heavy atom. The van der Waals surface area contributed by atoms with E-state index in [0.29, 0.717) is 23.6 Å². The number of amides is 1. The molecular weight excluding hydrogens is 244 g/mol. The molecule has 19 heavy (non-hydrogen) atoms. The fraction of sp³-hybridized carbons (Fsp3) is 0.769. The second-order valence-corrected chi connectivity index (χ2v) is 5.95. The van der Waals surface area contributed by atoms with Crippen LogP contribution in [0.25, 0.3) is 0 Å². The number of aromatic nitrogens is 2. The van der Waals surface area contributed by atoms with Crippen LogP contribution in [0.4, 0.5) is 6.01 Å². The van der Waals surface area contributed by atoms with Crippen LogP contribution in [0.2, 0.25) is 0 Å². The molecule has 3 aliphatic rings. The van der Waals surface area contributed by atoms with E-state index in [9.17, 15) is 4.79 Å². The van der Waals surface area contributed by atoms with Gasteiger partial charge >= 0.3 is 6.01 Å². The fourth-order valence-corrected chi connectivity index (χ4v) is 3.44. The van der Waals surface area contributed by atoms with E-state index >= 15 is 0 Å². The molecule has 2 aliphatic carbocycles. The molecule has 0 radical (unpaired) electrons. The van der Waals surface area contributed by atoms with Crippen molar-refractivity contribution in [1.29, 1.82) is 0 Å². The minimum absolute atomic E-state index is 0.0274. The molecule has 4 rings (SSSR count). The number of carbonyl (C=O) groups is 1. The Morgan fingerprint density at radius 2 is 2.16 bits per heavy atom. The topological polar surface area (TPSA) is 80.1 Å². The molecule has 2 N–H and O–H groups in total. The molecule has 0 spiro atoms. The van der Waals surface area contributed by atoms with Crippen molar-refractivity contribution in [2.45, 2.75) is 44.1 Å². The molecule has 1 aliphatic heterocycles. The van der Waals surface area contributed by atoms with E-state index < -0.39 is 0 Å². The van der Waals surface area contributed by atoms with Crippen LogP contribution < -0.4 is 10.6 Å². The SMILES string of the molecule is O=C(Nc1nnc(C2CC2)o1)C1NCC2CCCC21. The third-order valence-corrected chi connectivity index (χ3v) is 4.63. The van der Waals surface area contributed by atoms with Gasteiger partial charge in [0.25, 0.3) is 0 Å². The number of nitrogens with one attached hydrogen (secondary N) is 2. The van der Waals surface area contributed by atoms with Gasteiger partial charge in [0.15, 0.2) is 0 Å². The van der Waals surface area contributed by atoms with Gasteiger partial charge in [0.2, 0.25) is 11.8 Å². The summed E-state index contributed by atoms with van der Waals surface area (Å²) in [5.41, 5.74) is 0. The molecule has 1 saturated heterocycles. The molecule has 3 unspecified atom stereocenters. The Hall–Kier alpha value is -1.43. The highest BCUT2D eigenvalue weighted by Gasteiger charge is 2.42. The van der Waals surface area contributed by atoms with Crippen LogP contribution in [0, 0.1) is 11.8 Å². The number of rotatable bonds is 3. The first-order chi connectivity index (χ1) is 9.31. The zero-order valence-electron chi connectivity index (χ0n) is 10.8. The lowest BCUT2D eigenvalue weighted by molar-refractivity contribution is -0.118. The summed E-state index contributed by atoms with van der Waals surface area (Å²) in [4.78, 5) is 12.3. The number of anilines is 1. The molecule has 1 aromatic heterocycles. The summed E-state index contributed by atoms with van der Waals surface area (Å²) in [6.45, 7) is 0.958. The van der Waals surface area contributed by atoms with Crippen LogP contribution in [0.3, 0.4) is 0 Å². The first-order valence-electron chi connectivity index (χ1n) is 7.19. The van der Waals surface area contributed by atoms with Crippen molar-refractivity contribution >= 4 is 11.9 Å². The van der Waals surface area contributed by atoms with E-state index in [4.69, 9.17) is 4.42 Å². The Bertz CT molecular complexity index is 497. The van der Waals surface area contributed by atoms with Gasteiger partial charge in [0, 0.05) is 5.92 Å². The Labute approximate surface area is 111 Å². The third-order valence-electron chi connectivity index (χ3n) is 4.63. The van der Waals surface area contributed by atoms with Gasteiger partial charge in [0.1, 0.15) is 0 Å². The molecule has 0 aromatic carbocycles. The lowest BCUT2D eigenvalue weighted by Crippen LogP contribution is -2.39. The molecule has 2 saturated carbocycles. The second kappa shape index (κ2) is 4.30. The summed E-state index contributed by atoms with van der Waals surface area (Å²) >= 11 is 0. The summed E-state index contributed by atoms with van der Waals surface area (Å²) < 4.78 is 5.47. The van der Waals surface area contributed by atoms with Crippen LogP contribution in [-0.2, 0) is 4.79 Å². The van der Waals surface area contributed by atoms with E-state index in [1.807, 2.05) is 0 Å². The van der Waals surface area contributed by atoms with E-state index in [0.717, 1.165) is 25.8 Å². The molecule has 3 fully saturated rings. The number of nitrogens with zero attached hydrogens (tertiary/aromatic N) is 2. The molecule has 1 amide bonds. The first kappa shape index (κ1) is 11.4. The van der Waals surface area contributed by atoms with Gasteiger partial charge < -0.3 is 9.73 Å². The molecule has 3 atom stereocenters. The van der Waals surface area contributed by atoms with Crippen molar-refractivity contribution in [1.82, 2.24) is 15.5 Å². The molecule has 102 valence electrons. The predicted octanol–water partition coefficient (Wildman–Crippen LogP) is 1.27. The normalized spacial score (nSPS) is 33.4. The first-order valence-corrected chi connectivity index (χ1v) is 7.19. The average molecular weight is 262 g/mol. The van der Waals surface area contributed by atoms with Crippen molar-refractivity contribution in [3.63, 3.8) is 0 Å². The van der Waals surface area contributed by atoms with Gasteiger partial charge in [-0.15, -0.1) is 5.10 Å². The van der Waals surface area contributed by atoms with E-state index in [-0.39, 0.29) is 18.0 Å². The molecule has 6 heteroatoms. The highest BCUT2D eigenvalue weighted by atomic mass is 16.4. The van der Waals surface area contributed by atoms with E-state index in [2.05, 4.69) is 20.8 Å². The Balaban J connectivity index is 1.42.